The molecule has 1 unspecified atom stereocenters. The molecule has 1 N–H and O–H groups in total. The van der Waals surface area contributed by atoms with E-state index in [-0.39, 0.29) is 0 Å². The molecule has 2 nitrogen and oxygen atoms in total. The van der Waals surface area contributed by atoms with Crippen molar-refractivity contribution in [2.45, 2.75) is 46.5 Å². The van der Waals surface area contributed by atoms with Gasteiger partial charge in [-0.05, 0) is 50.0 Å². The Labute approximate surface area is 101 Å². The fourth-order valence-electron chi connectivity index (χ4n) is 2.05. The summed E-state index contributed by atoms with van der Waals surface area (Å²) in [6.45, 7) is 11.0. The van der Waals surface area contributed by atoms with E-state index in [0.29, 0.717) is 5.92 Å². The van der Waals surface area contributed by atoms with E-state index in [4.69, 9.17) is 4.74 Å². The molecule has 0 heterocycles. The number of ether oxygens (including phenoxy) is 1. The zero-order valence-electron chi connectivity index (χ0n) is 11.3. The van der Waals surface area contributed by atoms with Gasteiger partial charge in [-0.2, -0.15) is 0 Å². The van der Waals surface area contributed by atoms with Gasteiger partial charge < -0.3 is 10.1 Å². The molecule has 16 heavy (non-hydrogen) atoms. The van der Waals surface area contributed by atoms with E-state index < -0.39 is 0 Å². The molecule has 0 saturated heterocycles. The van der Waals surface area contributed by atoms with Gasteiger partial charge in [0.2, 0.25) is 0 Å². The van der Waals surface area contributed by atoms with Crippen LogP contribution in [0.3, 0.4) is 0 Å². The van der Waals surface area contributed by atoms with Gasteiger partial charge in [-0.25, -0.2) is 0 Å². The van der Waals surface area contributed by atoms with Crippen LogP contribution in [0, 0.1) is 17.8 Å². The monoisotopic (exact) mass is 227 g/mol. The molecule has 0 amide bonds. The van der Waals surface area contributed by atoms with Crippen LogP contribution in [0.25, 0.3) is 0 Å². The zero-order valence-corrected chi connectivity index (χ0v) is 11.3. The van der Waals surface area contributed by atoms with Gasteiger partial charge in [0, 0.05) is 13.2 Å². The molecule has 1 rings (SSSR count). The van der Waals surface area contributed by atoms with Gasteiger partial charge in [0.25, 0.3) is 0 Å². The first-order valence-corrected chi connectivity index (χ1v) is 7.00. The summed E-state index contributed by atoms with van der Waals surface area (Å²) in [5, 5.41) is 3.51. The molecule has 1 fully saturated rings. The summed E-state index contributed by atoms with van der Waals surface area (Å²) >= 11 is 0. The fourth-order valence-corrected chi connectivity index (χ4v) is 2.05. The lowest BCUT2D eigenvalue weighted by Crippen LogP contribution is -2.28. The minimum Gasteiger partial charge on any atom is -0.381 e. The Morgan fingerprint density at radius 3 is 2.62 bits per heavy atom. The maximum absolute atomic E-state index is 5.81. The lowest BCUT2D eigenvalue weighted by atomic mass is 9.98. The third-order valence-corrected chi connectivity index (χ3v) is 3.07. The Kier molecular flexibility index (Phi) is 7.06. The number of nitrogens with one attached hydrogen (secondary N) is 1. The quantitative estimate of drug-likeness (QED) is 0.579. The predicted molar refractivity (Wildman–Crippen MR) is 69.6 cm³/mol. The zero-order chi connectivity index (χ0) is 11.8. The molecule has 0 aromatic rings. The molecule has 0 radical (unpaired) electrons. The summed E-state index contributed by atoms with van der Waals surface area (Å²) in [7, 11) is 0. The highest BCUT2D eigenvalue weighted by molar-refractivity contribution is 4.72. The van der Waals surface area contributed by atoms with E-state index in [9.17, 15) is 0 Å². The standard InChI is InChI=1S/C14H29NO/c1-4-7-15-9-14(8-12(2)3)11-16-10-13-5-6-13/h12-15H,4-11H2,1-3H3. The number of hydrogen-bond donors (Lipinski definition) is 1. The lowest BCUT2D eigenvalue weighted by Gasteiger charge is -2.19. The van der Waals surface area contributed by atoms with E-state index >= 15 is 0 Å². The van der Waals surface area contributed by atoms with E-state index in [1.807, 2.05) is 0 Å². The summed E-state index contributed by atoms with van der Waals surface area (Å²) in [5.74, 6) is 2.37. The summed E-state index contributed by atoms with van der Waals surface area (Å²) < 4.78 is 5.81. The normalized spacial score (nSPS) is 18.0. The summed E-state index contributed by atoms with van der Waals surface area (Å²) in [4.78, 5) is 0. The maximum atomic E-state index is 5.81. The summed E-state index contributed by atoms with van der Waals surface area (Å²) in [6.07, 6.45) is 5.28. The van der Waals surface area contributed by atoms with Crippen LogP contribution < -0.4 is 5.32 Å². The molecule has 96 valence electrons. The molecule has 0 aliphatic heterocycles. The second-order valence-corrected chi connectivity index (χ2v) is 5.68. The first kappa shape index (κ1) is 14.0. The molecular formula is C14H29NO. The van der Waals surface area contributed by atoms with Crippen molar-refractivity contribution in [3.05, 3.63) is 0 Å². The SMILES string of the molecule is CCCNCC(COCC1CC1)CC(C)C. The van der Waals surface area contributed by atoms with Gasteiger partial charge in [-0.1, -0.05) is 20.8 Å². The van der Waals surface area contributed by atoms with E-state index in [0.717, 1.165) is 38.1 Å². The third-order valence-electron chi connectivity index (χ3n) is 3.07. The molecule has 1 saturated carbocycles. The molecule has 0 bridgehead atoms. The van der Waals surface area contributed by atoms with E-state index in [1.54, 1.807) is 0 Å². The first-order valence-electron chi connectivity index (χ1n) is 7.00. The maximum Gasteiger partial charge on any atom is 0.0506 e. The van der Waals surface area contributed by atoms with Crippen molar-refractivity contribution < 1.29 is 4.74 Å². The highest BCUT2D eigenvalue weighted by atomic mass is 16.5. The van der Waals surface area contributed by atoms with Crippen molar-refractivity contribution in [2.75, 3.05) is 26.3 Å². The fraction of sp³-hybridized carbons (Fsp3) is 1.00. The Morgan fingerprint density at radius 2 is 2.06 bits per heavy atom. The second-order valence-electron chi connectivity index (χ2n) is 5.68. The Balaban J connectivity index is 2.08. The van der Waals surface area contributed by atoms with Crippen LogP contribution >= 0.6 is 0 Å². The van der Waals surface area contributed by atoms with Crippen molar-refractivity contribution in [3.8, 4) is 0 Å². The van der Waals surface area contributed by atoms with Crippen LogP contribution in [0.2, 0.25) is 0 Å². The Hall–Kier alpha value is -0.0800. The molecule has 2 heteroatoms. The largest absolute Gasteiger partial charge is 0.381 e. The lowest BCUT2D eigenvalue weighted by molar-refractivity contribution is 0.0837. The van der Waals surface area contributed by atoms with Crippen LogP contribution in [0.5, 0.6) is 0 Å². The summed E-state index contributed by atoms with van der Waals surface area (Å²) in [5.41, 5.74) is 0. The molecule has 1 aliphatic rings. The van der Waals surface area contributed by atoms with Gasteiger partial charge in [-0.15, -0.1) is 0 Å². The van der Waals surface area contributed by atoms with E-state index in [1.165, 1.54) is 25.7 Å². The Bertz CT molecular complexity index is 166. The third kappa shape index (κ3) is 7.24. The smallest absolute Gasteiger partial charge is 0.0506 e. The first-order chi connectivity index (χ1) is 7.72. The molecule has 1 aliphatic carbocycles. The van der Waals surface area contributed by atoms with E-state index in [2.05, 4.69) is 26.1 Å². The van der Waals surface area contributed by atoms with Crippen molar-refractivity contribution in [3.63, 3.8) is 0 Å². The Morgan fingerprint density at radius 1 is 1.31 bits per heavy atom. The van der Waals surface area contributed by atoms with Crippen LogP contribution in [0.4, 0.5) is 0 Å². The van der Waals surface area contributed by atoms with Gasteiger partial charge in [0.1, 0.15) is 0 Å². The van der Waals surface area contributed by atoms with Gasteiger partial charge in [0.15, 0.2) is 0 Å². The molecule has 0 spiro atoms. The molecule has 1 atom stereocenters. The minimum absolute atomic E-state index is 0.699. The van der Waals surface area contributed by atoms with Crippen LogP contribution in [0.15, 0.2) is 0 Å². The van der Waals surface area contributed by atoms with Crippen molar-refractivity contribution in [1.29, 1.82) is 0 Å². The van der Waals surface area contributed by atoms with Crippen molar-refractivity contribution in [1.82, 2.24) is 5.32 Å². The molecular weight excluding hydrogens is 198 g/mol. The van der Waals surface area contributed by atoms with Crippen LogP contribution in [-0.4, -0.2) is 26.3 Å². The van der Waals surface area contributed by atoms with Gasteiger partial charge in [0.05, 0.1) is 6.61 Å². The number of rotatable bonds is 10. The van der Waals surface area contributed by atoms with Crippen molar-refractivity contribution >= 4 is 0 Å². The van der Waals surface area contributed by atoms with Crippen LogP contribution in [-0.2, 0) is 4.74 Å². The predicted octanol–water partition coefficient (Wildman–Crippen LogP) is 3.07. The summed E-state index contributed by atoms with van der Waals surface area (Å²) in [6, 6.07) is 0. The molecule has 0 aromatic heterocycles. The second kappa shape index (κ2) is 8.08. The van der Waals surface area contributed by atoms with Crippen LogP contribution in [0.1, 0.15) is 46.5 Å². The highest BCUT2D eigenvalue weighted by Gasteiger charge is 2.21. The van der Waals surface area contributed by atoms with Gasteiger partial charge in [-0.3, -0.25) is 0 Å². The minimum atomic E-state index is 0.699. The van der Waals surface area contributed by atoms with Gasteiger partial charge >= 0.3 is 0 Å². The number of hydrogen-bond acceptors (Lipinski definition) is 2. The topological polar surface area (TPSA) is 21.3 Å². The van der Waals surface area contributed by atoms with Crippen molar-refractivity contribution in [2.24, 2.45) is 17.8 Å². The average Bonchev–Trinajstić information content (AvgIpc) is 3.01. The average molecular weight is 227 g/mol. The molecule has 0 aromatic carbocycles. The highest BCUT2D eigenvalue weighted by Crippen LogP contribution is 2.29.